The molecule has 1 aliphatic heterocycles. The maximum atomic E-state index is 12.9. The topological polar surface area (TPSA) is 171 Å². The number of carbonyl (C=O) groups is 2. The second-order valence-electron chi connectivity index (χ2n) is 8.01. The van der Waals surface area contributed by atoms with Crippen molar-refractivity contribution in [1.82, 2.24) is 9.55 Å². The van der Waals surface area contributed by atoms with Crippen LogP contribution in [0, 0.1) is 16.0 Å². The molecule has 3 N–H and O–H groups in total. The van der Waals surface area contributed by atoms with Gasteiger partial charge < -0.3 is 15.4 Å². The van der Waals surface area contributed by atoms with Crippen LogP contribution in [0.25, 0.3) is 0 Å². The average Bonchev–Trinajstić information content (AvgIpc) is 2.81. The monoisotopic (exact) mass is 513 g/mol. The Hall–Kier alpha value is -4.17. The number of nitrogens with two attached hydrogens (primary N) is 1. The van der Waals surface area contributed by atoms with Gasteiger partial charge in [-0.15, -0.1) is 0 Å². The van der Waals surface area contributed by atoms with Crippen molar-refractivity contribution in [3.05, 3.63) is 60.3 Å². The number of aromatic nitrogens is 2. The lowest BCUT2D eigenvalue weighted by atomic mass is 9.96. The summed E-state index contributed by atoms with van der Waals surface area (Å²) in [5.41, 5.74) is 1.61. The molecule has 1 aliphatic rings. The number of alkyl halides is 3. The van der Waals surface area contributed by atoms with E-state index in [0.29, 0.717) is 6.07 Å². The minimum atomic E-state index is -4.74. The van der Waals surface area contributed by atoms with E-state index in [-0.39, 0.29) is 44.0 Å². The molecule has 0 saturated carbocycles. The summed E-state index contributed by atoms with van der Waals surface area (Å²) >= 11 is 0. The number of esters is 1. The fraction of sp³-hybridized carbons (Fsp3) is 0.429. The first-order valence-corrected chi connectivity index (χ1v) is 10.8. The Morgan fingerprint density at radius 3 is 2.44 bits per heavy atom. The third-order valence-corrected chi connectivity index (χ3v) is 5.85. The van der Waals surface area contributed by atoms with Gasteiger partial charge in [-0.3, -0.25) is 34.0 Å². The Bertz CT molecular complexity index is 1310. The number of nitrogen functional groups attached to an aromatic ring is 1. The lowest BCUT2D eigenvalue weighted by molar-refractivity contribution is -0.384. The Labute approximate surface area is 200 Å². The number of anilines is 2. The predicted molar refractivity (Wildman–Crippen MR) is 120 cm³/mol. The number of benzene rings is 1. The molecule has 1 saturated heterocycles. The molecular formula is C21H22F3N5O7. The van der Waals surface area contributed by atoms with E-state index < -0.39 is 63.4 Å². The lowest BCUT2D eigenvalue weighted by Gasteiger charge is -2.32. The predicted octanol–water partition coefficient (Wildman–Crippen LogP) is 1.71. The highest BCUT2D eigenvalue weighted by atomic mass is 19.4. The molecular weight excluding hydrogens is 491 g/mol. The van der Waals surface area contributed by atoms with Crippen LogP contribution >= 0.6 is 0 Å². The second-order valence-corrected chi connectivity index (χ2v) is 8.01. The van der Waals surface area contributed by atoms with Gasteiger partial charge in [0.2, 0.25) is 5.78 Å². The van der Waals surface area contributed by atoms with E-state index in [4.69, 9.17) is 10.5 Å². The minimum Gasteiger partial charge on any atom is -0.457 e. The fourth-order valence-corrected chi connectivity index (χ4v) is 3.97. The van der Waals surface area contributed by atoms with Gasteiger partial charge in [0.15, 0.2) is 6.61 Å². The van der Waals surface area contributed by atoms with Gasteiger partial charge in [-0.2, -0.15) is 13.2 Å². The number of aromatic amines is 1. The van der Waals surface area contributed by atoms with Gasteiger partial charge in [0.1, 0.15) is 17.1 Å². The third kappa shape index (κ3) is 5.39. The highest BCUT2D eigenvalue weighted by Gasteiger charge is 2.35. The number of H-pyrrole nitrogens is 1. The molecule has 15 heteroatoms. The minimum absolute atomic E-state index is 0.00394. The fourth-order valence-electron chi connectivity index (χ4n) is 3.97. The number of nitrogens with one attached hydrogen (secondary N) is 1. The molecule has 1 aromatic carbocycles. The molecule has 1 aromatic heterocycles. The van der Waals surface area contributed by atoms with Gasteiger partial charge in [-0.1, -0.05) is 0 Å². The lowest BCUT2D eigenvalue weighted by Crippen LogP contribution is -2.38. The standard InChI is InChI=1S/C21H22F3N5O7/c1-2-28-17(25)16(18(31)26-20(28)33)15(30)10-36-19(32)11-5-7-27(8-6-11)13-4-3-12(21(22,23)24)9-14(13)29(34)35/h3-4,9,11H,2,5-8,10,25H2,1H3,(H,26,31,33). The Morgan fingerprint density at radius 2 is 1.89 bits per heavy atom. The van der Waals surface area contributed by atoms with Crippen molar-refractivity contribution in [2.45, 2.75) is 32.5 Å². The van der Waals surface area contributed by atoms with E-state index in [1.165, 1.54) is 4.90 Å². The summed E-state index contributed by atoms with van der Waals surface area (Å²) in [5, 5.41) is 11.3. The first-order chi connectivity index (χ1) is 16.8. The van der Waals surface area contributed by atoms with Crippen molar-refractivity contribution < 1.29 is 32.4 Å². The number of nitro groups is 1. The van der Waals surface area contributed by atoms with Crippen molar-refractivity contribution in [1.29, 1.82) is 0 Å². The van der Waals surface area contributed by atoms with Crippen LogP contribution in [0.5, 0.6) is 0 Å². The van der Waals surface area contributed by atoms with Crippen LogP contribution in [0.3, 0.4) is 0 Å². The summed E-state index contributed by atoms with van der Waals surface area (Å²) in [5.74, 6) is -2.67. The average molecular weight is 513 g/mol. The van der Waals surface area contributed by atoms with Gasteiger partial charge >= 0.3 is 17.8 Å². The van der Waals surface area contributed by atoms with Crippen LogP contribution in [-0.2, 0) is 22.3 Å². The summed E-state index contributed by atoms with van der Waals surface area (Å²) in [6.07, 6.45) is -4.41. The molecule has 0 unspecified atom stereocenters. The zero-order valence-corrected chi connectivity index (χ0v) is 19.0. The maximum absolute atomic E-state index is 12.9. The van der Waals surface area contributed by atoms with E-state index in [1.807, 2.05) is 4.98 Å². The molecule has 3 rings (SSSR count). The van der Waals surface area contributed by atoms with Gasteiger partial charge in [0.05, 0.1) is 16.4 Å². The Balaban J connectivity index is 1.64. The Kier molecular flexibility index (Phi) is 7.50. The summed E-state index contributed by atoms with van der Waals surface area (Å²) in [6, 6.07) is 2.25. The number of Topliss-reactive ketones (excluding diaryl/α,β-unsaturated/α-hetero) is 1. The number of halogens is 3. The second kappa shape index (κ2) is 10.2. The highest BCUT2D eigenvalue weighted by Crippen LogP contribution is 2.37. The number of nitro benzene ring substituents is 1. The number of ether oxygens (including phenoxy) is 1. The van der Waals surface area contributed by atoms with Crippen molar-refractivity contribution in [3.8, 4) is 0 Å². The number of hydrogen-bond acceptors (Lipinski definition) is 9. The number of piperidine rings is 1. The van der Waals surface area contributed by atoms with Crippen LogP contribution < -0.4 is 21.9 Å². The molecule has 2 heterocycles. The molecule has 12 nitrogen and oxygen atoms in total. The Morgan fingerprint density at radius 1 is 1.25 bits per heavy atom. The van der Waals surface area contributed by atoms with Crippen molar-refractivity contribution >= 4 is 28.9 Å². The first kappa shape index (κ1) is 26.4. The van der Waals surface area contributed by atoms with Gasteiger partial charge in [0.25, 0.3) is 11.2 Å². The van der Waals surface area contributed by atoms with E-state index in [0.717, 1.165) is 16.7 Å². The molecule has 0 spiro atoms. The summed E-state index contributed by atoms with van der Waals surface area (Å²) in [7, 11) is 0. The molecule has 0 atom stereocenters. The zero-order chi connectivity index (χ0) is 26.8. The van der Waals surface area contributed by atoms with E-state index in [1.54, 1.807) is 6.92 Å². The number of hydrogen-bond donors (Lipinski definition) is 2. The van der Waals surface area contributed by atoms with Gasteiger partial charge in [0, 0.05) is 25.7 Å². The van der Waals surface area contributed by atoms with Crippen LogP contribution in [-0.4, -0.2) is 45.9 Å². The zero-order valence-electron chi connectivity index (χ0n) is 19.0. The summed E-state index contributed by atoms with van der Waals surface area (Å²) < 4.78 is 44.8. The summed E-state index contributed by atoms with van der Waals surface area (Å²) in [4.78, 5) is 62.6. The molecule has 0 radical (unpaired) electrons. The molecule has 2 aromatic rings. The molecule has 1 fully saturated rings. The van der Waals surface area contributed by atoms with Gasteiger partial charge in [-0.25, -0.2) is 4.79 Å². The largest absolute Gasteiger partial charge is 0.457 e. The van der Waals surface area contributed by atoms with Crippen molar-refractivity contribution in [3.63, 3.8) is 0 Å². The van der Waals surface area contributed by atoms with Crippen LogP contribution in [0.2, 0.25) is 0 Å². The van der Waals surface area contributed by atoms with E-state index in [9.17, 15) is 42.5 Å². The maximum Gasteiger partial charge on any atom is 0.416 e. The van der Waals surface area contributed by atoms with Crippen molar-refractivity contribution in [2.75, 3.05) is 30.3 Å². The number of rotatable bonds is 7. The van der Waals surface area contributed by atoms with Crippen LogP contribution in [0.1, 0.15) is 35.7 Å². The molecule has 0 bridgehead atoms. The van der Waals surface area contributed by atoms with Gasteiger partial charge in [-0.05, 0) is 31.9 Å². The number of nitrogens with zero attached hydrogens (tertiary/aromatic N) is 3. The first-order valence-electron chi connectivity index (χ1n) is 10.8. The molecule has 194 valence electrons. The van der Waals surface area contributed by atoms with E-state index in [2.05, 4.69) is 0 Å². The number of carbonyl (C=O) groups excluding carboxylic acids is 2. The SMILES string of the molecule is CCn1c(N)c(C(=O)COC(=O)C2CCN(c3ccc(C(F)(F)F)cc3[N+](=O)[O-])CC2)c(=O)[nH]c1=O. The van der Waals surface area contributed by atoms with Crippen LogP contribution in [0.4, 0.5) is 30.4 Å². The summed E-state index contributed by atoms with van der Waals surface area (Å²) in [6.45, 7) is 1.12. The van der Waals surface area contributed by atoms with Crippen LogP contribution in [0.15, 0.2) is 27.8 Å². The highest BCUT2D eigenvalue weighted by molar-refractivity contribution is 6.01. The normalized spacial score (nSPS) is 14.5. The van der Waals surface area contributed by atoms with Crippen molar-refractivity contribution in [2.24, 2.45) is 5.92 Å². The van der Waals surface area contributed by atoms with E-state index >= 15 is 0 Å². The number of ketones is 1. The molecule has 0 aliphatic carbocycles. The smallest absolute Gasteiger partial charge is 0.416 e. The third-order valence-electron chi connectivity index (χ3n) is 5.85. The molecule has 36 heavy (non-hydrogen) atoms. The molecule has 0 amide bonds. The quantitative estimate of drug-likeness (QED) is 0.242.